The lowest BCUT2D eigenvalue weighted by Crippen LogP contribution is -2.36. The first-order chi connectivity index (χ1) is 11.2. The average molecular weight is 340 g/mol. The smallest absolute Gasteiger partial charge is 0.315 e. The van der Waals surface area contributed by atoms with Gasteiger partial charge in [0.1, 0.15) is 0 Å². The molecule has 0 aliphatic carbocycles. The first-order valence-corrected chi connectivity index (χ1v) is 10.3. The Labute approximate surface area is 143 Å². The molecule has 0 aromatic heterocycles. The van der Waals surface area contributed by atoms with Crippen LogP contribution in [0.4, 0.5) is 4.79 Å². The Kier molecular flexibility index (Phi) is 6.08. The molecule has 3 atom stereocenters. The molecule has 0 bridgehead atoms. The summed E-state index contributed by atoms with van der Waals surface area (Å²) < 4.78 is 0. The molecule has 130 valence electrons. The summed E-state index contributed by atoms with van der Waals surface area (Å²) in [5.41, 5.74) is 0. The van der Waals surface area contributed by atoms with Gasteiger partial charge in [-0.2, -0.15) is 11.8 Å². The Morgan fingerprint density at radius 3 is 2.61 bits per heavy atom. The largest absolute Gasteiger partial charge is 0.343 e. The Balaban J connectivity index is 1.33. The van der Waals surface area contributed by atoms with Crippen molar-refractivity contribution in [3.63, 3.8) is 0 Å². The van der Waals surface area contributed by atoms with Gasteiger partial charge < -0.3 is 15.5 Å². The molecule has 3 fully saturated rings. The molecule has 2 N–H and O–H groups in total. The topological polar surface area (TPSA) is 61.4 Å². The van der Waals surface area contributed by atoms with Crippen LogP contribution >= 0.6 is 11.8 Å². The normalized spacial score (nSPS) is 31.0. The standard InChI is InChI=1S/C17H29N3O2S/c21-15(20-10-6-2-1-3-7-11-20)9-5-4-8-14-16-13(12-23-14)18-17(22)19-16/h13-14,16H,1-12H2,(H2,18,19,22)/t13-,14-,16-/m0/s1. The Hall–Kier alpha value is -0.910. The van der Waals surface area contributed by atoms with E-state index in [1.807, 2.05) is 11.8 Å². The number of nitrogens with one attached hydrogen (secondary N) is 2. The maximum absolute atomic E-state index is 12.3. The predicted molar refractivity (Wildman–Crippen MR) is 93.6 cm³/mol. The first-order valence-electron chi connectivity index (χ1n) is 9.20. The fourth-order valence-corrected chi connectivity index (χ4v) is 5.46. The second-order valence-electron chi connectivity index (χ2n) is 7.02. The van der Waals surface area contributed by atoms with Crippen molar-refractivity contribution in [1.29, 1.82) is 0 Å². The van der Waals surface area contributed by atoms with Crippen LogP contribution in [-0.4, -0.2) is 53.0 Å². The van der Waals surface area contributed by atoms with Crippen molar-refractivity contribution >= 4 is 23.7 Å². The lowest BCUT2D eigenvalue weighted by Gasteiger charge is -2.25. The molecule has 23 heavy (non-hydrogen) atoms. The highest BCUT2D eigenvalue weighted by molar-refractivity contribution is 8.00. The maximum atomic E-state index is 12.3. The van der Waals surface area contributed by atoms with Crippen molar-refractivity contribution in [1.82, 2.24) is 15.5 Å². The molecular formula is C17H29N3O2S. The third kappa shape index (κ3) is 4.55. The Morgan fingerprint density at radius 2 is 1.83 bits per heavy atom. The van der Waals surface area contributed by atoms with Crippen LogP contribution in [0.15, 0.2) is 0 Å². The number of rotatable bonds is 5. The first kappa shape index (κ1) is 16.9. The predicted octanol–water partition coefficient (Wildman–Crippen LogP) is 2.50. The van der Waals surface area contributed by atoms with Crippen LogP contribution in [0.2, 0.25) is 0 Å². The molecule has 3 amide bonds. The van der Waals surface area contributed by atoms with E-state index in [0.717, 1.165) is 38.1 Å². The van der Waals surface area contributed by atoms with Crippen molar-refractivity contribution < 1.29 is 9.59 Å². The van der Waals surface area contributed by atoms with Crippen LogP contribution in [0, 0.1) is 0 Å². The SMILES string of the molecule is O=C1N[C@H]2[C@H](CS[C@H]2CCCCC(=O)N2CCCCCCC2)N1. The maximum Gasteiger partial charge on any atom is 0.315 e. The lowest BCUT2D eigenvalue weighted by molar-refractivity contribution is -0.131. The van der Waals surface area contributed by atoms with Crippen molar-refractivity contribution in [3.8, 4) is 0 Å². The molecule has 0 saturated carbocycles. The second-order valence-corrected chi connectivity index (χ2v) is 8.29. The number of amides is 3. The monoisotopic (exact) mass is 339 g/mol. The fraction of sp³-hybridized carbons (Fsp3) is 0.882. The lowest BCUT2D eigenvalue weighted by atomic mass is 10.0. The molecule has 3 heterocycles. The summed E-state index contributed by atoms with van der Waals surface area (Å²) in [6.07, 6.45) is 10.0. The summed E-state index contributed by atoms with van der Waals surface area (Å²) in [5, 5.41) is 6.52. The van der Waals surface area contributed by atoms with Gasteiger partial charge in [-0.05, 0) is 25.7 Å². The van der Waals surface area contributed by atoms with E-state index in [-0.39, 0.29) is 12.1 Å². The zero-order chi connectivity index (χ0) is 16.1. The number of nitrogens with zero attached hydrogens (tertiary/aromatic N) is 1. The summed E-state index contributed by atoms with van der Waals surface area (Å²) >= 11 is 1.96. The Morgan fingerprint density at radius 1 is 1.09 bits per heavy atom. The third-order valence-electron chi connectivity index (χ3n) is 5.28. The van der Waals surface area contributed by atoms with Gasteiger partial charge in [0.25, 0.3) is 0 Å². The van der Waals surface area contributed by atoms with Gasteiger partial charge in [-0.15, -0.1) is 0 Å². The molecule has 0 radical (unpaired) electrons. The van der Waals surface area contributed by atoms with E-state index in [1.54, 1.807) is 0 Å². The molecule has 0 unspecified atom stereocenters. The quantitative estimate of drug-likeness (QED) is 0.598. The van der Waals surface area contributed by atoms with Gasteiger partial charge in [0.2, 0.25) is 5.91 Å². The van der Waals surface area contributed by atoms with Gasteiger partial charge in [0.15, 0.2) is 0 Å². The van der Waals surface area contributed by atoms with E-state index >= 15 is 0 Å². The molecule has 3 saturated heterocycles. The minimum Gasteiger partial charge on any atom is -0.343 e. The van der Waals surface area contributed by atoms with E-state index < -0.39 is 0 Å². The number of thioether (sulfide) groups is 1. The summed E-state index contributed by atoms with van der Waals surface area (Å²) in [5.74, 6) is 1.36. The molecule has 5 nitrogen and oxygen atoms in total. The van der Waals surface area contributed by atoms with E-state index in [9.17, 15) is 9.59 Å². The van der Waals surface area contributed by atoms with Crippen LogP contribution in [0.3, 0.4) is 0 Å². The summed E-state index contributed by atoms with van der Waals surface area (Å²) in [6.45, 7) is 1.91. The highest BCUT2D eigenvalue weighted by atomic mass is 32.2. The summed E-state index contributed by atoms with van der Waals surface area (Å²) in [4.78, 5) is 25.8. The van der Waals surface area contributed by atoms with Crippen LogP contribution in [0.25, 0.3) is 0 Å². The van der Waals surface area contributed by atoms with Crippen LogP contribution in [0.1, 0.15) is 57.8 Å². The number of carbonyl (C=O) groups excluding carboxylic acids is 2. The molecule has 0 aromatic rings. The zero-order valence-corrected chi connectivity index (χ0v) is 14.7. The second kappa shape index (κ2) is 8.27. The molecular weight excluding hydrogens is 310 g/mol. The van der Waals surface area contributed by atoms with Gasteiger partial charge in [-0.25, -0.2) is 4.79 Å². The van der Waals surface area contributed by atoms with Crippen molar-refractivity contribution in [2.24, 2.45) is 0 Å². The van der Waals surface area contributed by atoms with E-state index in [0.29, 0.717) is 23.6 Å². The van der Waals surface area contributed by atoms with Gasteiger partial charge in [-0.3, -0.25) is 4.79 Å². The van der Waals surface area contributed by atoms with Crippen LogP contribution in [0.5, 0.6) is 0 Å². The molecule has 0 spiro atoms. The van der Waals surface area contributed by atoms with Gasteiger partial charge in [0, 0.05) is 30.5 Å². The molecule has 6 heteroatoms. The number of fused-ring (bicyclic) bond motifs is 1. The number of urea groups is 1. The highest BCUT2D eigenvalue weighted by Gasteiger charge is 2.42. The number of hydrogen-bond donors (Lipinski definition) is 2. The number of hydrogen-bond acceptors (Lipinski definition) is 3. The number of carbonyl (C=O) groups is 2. The van der Waals surface area contributed by atoms with Crippen molar-refractivity contribution in [3.05, 3.63) is 0 Å². The molecule has 0 aromatic carbocycles. The highest BCUT2D eigenvalue weighted by Crippen LogP contribution is 2.33. The van der Waals surface area contributed by atoms with E-state index in [2.05, 4.69) is 15.5 Å². The van der Waals surface area contributed by atoms with E-state index in [4.69, 9.17) is 0 Å². The van der Waals surface area contributed by atoms with Crippen LogP contribution in [-0.2, 0) is 4.79 Å². The number of unbranched alkanes of at least 4 members (excludes halogenated alkanes) is 1. The Bertz CT molecular complexity index is 424. The fourth-order valence-electron chi connectivity index (χ4n) is 3.92. The summed E-state index contributed by atoms with van der Waals surface area (Å²) in [7, 11) is 0. The average Bonchev–Trinajstić information content (AvgIpc) is 3.02. The minimum absolute atomic E-state index is 0.0161. The van der Waals surface area contributed by atoms with Gasteiger partial charge in [0.05, 0.1) is 12.1 Å². The molecule has 3 aliphatic rings. The minimum atomic E-state index is -0.0161. The van der Waals surface area contributed by atoms with Crippen molar-refractivity contribution in [2.45, 2.75) is 75.1 Å². The number of likely N-dealkylation sites (tertiary alicyclic amines) is 1. The van der Waals surface area contributed by atoms with Gasteiger partial charge >= 0.3 is 6.03 Å². The van der Waals surface area contributed by atoms with Crippen molar-refractivity contribution in [2.75, 3.05) is 18.8 Å². The molecule has 3 rings (SSSR count). The molecule has 3 aliphatic heterocycles. The van der Waals surface area contributed by atoms with Gasteiger partial charge in [-0.1, -0.05) is 25.7 Å². The van der Waals surface area contributed by atoms with E-state index in [1.165, 1.54) is 32.1 Å². The zero-order valence-electron chi connectivity index (χ0n) is 13.9. The third-order valence-corrected chi connectivity index (χ3v) is 6.78. The van der Waals surface area contributed by atoms with Crippen LogP contribution < -0.4 is 10.6 Å². The summed E-state index contributed by atoms with van der Waals surface area (Å²) in [6, 6.07) is 0.579.